The average Bonchev–Trinajstić information content (AvgIpc) is 3.33. The van der Waals surface area contributed by atoms with Gasteiger partial charge in [-0.3, -0.25) is 9.59 Å². The Morgan fingerprint density at radius 1 is 1.03 bits per heavy atom. The molecule has 0 bridgehead atoms. The molecule has 1 amide bonds. The number of benzene rings is 2. The second-order valence-corrected chi connectivity index (χ2v) is 11.2. The molecule has 10 heteroatoms. The van der Waals surface area contributed by atoms with E-state index in [9.17, 15) is 23.1 Å². The zero-order valence-electron chi connectivity index (χ0n) is 18.5. The van der Waals surface area contributed by atoms with E-state index in [0.717, 1.165) is 20.6 Å². The van der Waals surface area contributed by atoms with Crippen LogP contribution in [0.3, 0.4) is 0 Å². The molecule has 2 N–H and O–H groups in total. The molecule has 1 aromatic heterocycles. The Bertz CT molecular complexity index is 1210. The van der Waals surface area contributed by atoms with E-state index in [1.807, 2.05) is 41.8 Å². The number of hydrogen-bond acceptors (Lipinski definition) is 5. The molecule has 34 heavy (non-hydrogen) atoms. The number of nitrogens with one attached hydrogen (secondary N) is 1. The topological polar surface area (TPSA) is 104 Å². The third-order valence-corrected chi connectivity index (χ3v) is 8.12. The molecule has 1 atom stereocenters. The van der Waals surface area contributed by atoms with Crippen molar-refractivity contribution in [2.45, 2.75) is 37.1 Å². The molecule has 7 nitrogen and oxygen atoms in total. The fourth-order valence-electron chi connectivity index (χ4n) is 3.42. The van der Waals surface area contributed by atoms with Gasteiger partial charge in [0.1, 0.15) is 6.04 Å². The lowest BCUT2D eigenvalue weighted by atomic mass is 10.1. The second kappa shape index (κ2) is 11.7. The highest BCUT2D eigenvalue weighted by Crippen LogP contribution is 2.24. The standard InChI is InChI=1S/C24H25BrN2O5S2/c1-17(28)27(23-6-4-16-33-23)15-3-2-5-22(24(29)30)26-34(31,32)21-13-9-19(10-14-21)18-7-11-20(25)12-8-18/h4,6-14,16,22,26H,2-3,5,15H2,1H3,(H,29,30). The van der Waals surface area contributed by atoms with Gasteiger partial charge in [-0.1, -0.05) is 40.2 Å². The Morgan fingerprint density at radius 3 is 2.18 bits per heavy atom. The lowest BCUT2D eigenvalue weighted by Crippen LogP contribution is -2.40. The monoisotopic (exact) mass is 564 g/mol. The minimum atomic E-state index is -4.01. The first-order valence-electron chi connectivity index (χ1n) is 10.6. The van der Waals surface area contributed by atoms with Crippen LogP contribution in [-0.4, -0.2) is 38.0 Å². The summed E-state index contributed by atoms with van der Waals surface area (Å²) in [6, 6.07) is 16.4. The van der Waals surface area contributed by atoms with Crippen LogP contribution in [0.2, 0.25) is 0 Å². The quantitative estimate of drug-likeness (QED) is 0.314. The Kier molecular flexibility index (Phi) is 9.01. The third kappa shape index (κ3) is 6.99. The van der Waals surface area contributed by atoms with Gasteiger partial charge in [-0.2, -0.15) is 4.72 Å². The number of nitrogens with zero attached hydrogens (tertiary/aromatic N) is 1. The largest absolute Gasteiger partial charge is 0.480 e. The lowest BCUT2D eigenvalue weighted by Gasteiger charge is -2.20. The molecule has 0 saturated heterocycles. The normalized spacial score (nSPS) is 12.3. The SMILES string of the molecule is CC(=O)N(CCCCC(NS(=O)(=O)c1ccc(-c2ccc(Br)cc2)cc1)C(=O)O)c1cccs1. The summed E-state index contributed by atoms with van der Waals surface area (Å²) in [4.78, 5) is 25.2. The smallest absolute Gasteiger partial charge is 0.321 e. The van der Waals surface area contributed by atoms with E-state index in [2.05, 4.69) is 20.7 Å². The molecule has 1 unspecified atom stereocenters. The van der Waals surface area contributed by atoms with E-state index in [4.69, 9.17) is 0 Å². The first-order chi connectivity index (χ1) is 16.2. The van der Waals surface area contributed by atoms with Crippen LogP contribution in [0.4, 0.5) is 5.00 Å². The number of anilines is 1. The van der Waals surface area contributed by atoms with Crippen molar-refractivity contribution in [2.75, 3.05) is 11.4 Å². The van der Waals surface area contributed by atoms with Crippen molar-refractivity contribution >= 4 is 54.2 Å². The molecular weight excluding hydrogens is 540 g/mol. The summed E-state index contributed by atoms with van der Waals surface area (Å²) in [7, 11) is -4.01. The molecule has 0 spiro atoms. The number of sulfonamides is 1. The van der Waals surface area contributed by atoms with E-state index in [1.54, 1.807) is 17.0 Å². The van der Waals surface area contributed by atoms with Gasteiger partial charge in [0.15, 0.2) is 0 Å². The first-order valence-corrected chi connectivity index (χ1v) is 13.8. The average molecular weight is 566 g/mol. The van der Waals surface area contributed by atoms with Gasteiger partial charge in [0.2, 0.25) is 15.9 Å². The maximum absolute atomic E-state index is 12.8. The molecule has 0 fully saturated rings. The molecule has 1 heterocycles. The molecule has 0 aliphatic heterocycles. The number of aliphatic carboxylic acids is 1. The van der Waals surface area contributed by atoms with E-state index in [-0.39, 0.29) is 17.2 Å². The summed E-state index contributed by atoms with van der Waals surface area (Å²) in [5.41, 5.74) is 1.78. The van der Waals surface area contributed by atoms with E-state index < -0.39 is 22.0 Å². The lowest BCUT2D eigenvalue weighted by molar-refractivity contribution is -0.139. The highest BCUT2D eigenvalue weighted by Gasteiger charge is 2.25. The number of carbonyl (C=O) groups excluding carboxylic acids is 1. The minimum Gasteiger partial charge on any atom is -0.480 e. The zero-order valence-corrected chi connectivity index (χ0v) is 21.7. The Hall–Kier alpha value is -2.53. The van der Waals surface area contributed by atoms with Crippen LogP contribution in [-0.2, 0) is 19.6 Å². The molecule has 180 valence electrons. The predicted molar refractivity (Wildman–Crippen MR) is 138 cm³/mol. The fourth-order valence-corrected chi connectivity index (χ4v) is 5.71. The summed E-state index contributed by atoms with van der Waals surface area (Å²) in [6.45, 7) is 1.92. The number of unbranched alkanes of at least 4 members (excludes halogenated alkanes) is 1. The number of hydrogen-bond donors (Lipinski definition) is 2. The van der Waals surface area contributed by atoms with Crippen LogP contribution >= 0.6 is 27.3 Å². The molecular formula is C24H25BrN2O5S2. The van der Waals surface area contributed by atoms with Gasteiger partial charge in [-0.25, -0.2) is 8.42 Å². The van der Waals surface area contributed by atoms with Crippen LogP contribution in [0.1, 0.15) is 26.2 Å². The molecule has 0 saturated carbocycles. The van der Waals surface area contributed by atoms with Crippen molar-refractivity contribution in [1.82, 2.24) is 4.72 Å². The van der Waals surface area contributed by atoms with Gasteiger partial charge in [-0.15, -0.1) is 11.3 Å². The van der Waals surface area contributed by atoms with Gasteiger partial charge >= 0.3 is 5.97 Å². The Labute approximate surface area is 211 Å². The number of carboxylic acids is 1. The van der Waals surface area contributed by atoms with Crippen molar-refractivity contribution in [1.29, 1.82) is 0 Å². The molecule has 2 aromatic carbocycles. The van der Waals surface area contributed by atoms with E-state index in [0.29, 0.717) is 19.4 Å². The van der Waals surface area contributed by atoms with Gasteiger partial charge in [0.25, 0.3) is 0 Å². The van der Waals surface area contributed by atoms with Crippen molar-refractivity contribution < 1.29 is 23.1 Å². The summed E-state index contributed by atoms with van der Waals surface area (Å²) in [5.74, 6) is -1.33. The van der Waals surface area contributed by atoms with Gasteiger partial charge in [0.05, 0.1) is 9.90 Å². The number of carboxylic acid groups (broad SMARTS) is 1. The van der Waals surface area contributed by atoms with Crippen LogP contribution < -0.4 is 9.62 Å². The van der Waals surface area contributed by atoms with Gasteiger partial charge in [-0.05, 0) is 72.2 Å². The zero-order chi connectivity index (χ0) is 24.7. The molecule has 3 aromatic rings. The van der Waals surface area contributed by atoms with Crippen molar-refractivity contribution in [2.24, 2.45) is 0 Å². The summed E-state index contributed by atoms with van der Waals surface area (Å²) >= 11 is 4.83. The van der Waals surface area contributed by atoms with Crippen molar-refractivity contribution in [3.8, 4) is 11.1 Å². The maximum atomic E-state index is 12.8. The molecule has 0 aliphatic rings. The number of thiophene rings is 1. The molecule has 3 rings (SSSR count). The second-order valence-electron chi connectivity index (χ2n) is 7.66. The van der Waals surface area contributed by atoms with Crippen LogP contribution in [0.15, 0.2) is 75.4 Å². The van der Waals surface area contributed by atoms with Gasteiger partial charge in [0, 0.05) is 17.9 Å². The molecule has 0 aliphatic carbocycles. The van der Waals surface area contributed by atoms with Crippen LogP contribution in [0.5, 0.6) is 0 Å². The Balaban J connectivity index is 1.60. The first kappa shape index (κ1) is 26.1. The summed E-state index contributed by atoms with van der Waals surface area (Å²) in [5, 5.41) is 12.3. The Morgan fingerprint density at radius 2 is 1.65 bits per heavy atom. The van der Waals surface area contributed by atoms with Gasteiger partial charge < -0.3 is 10.0 Å². The summed E-state index contributed by atoms with van der Waals surface area (Å²) in [6.07, 6.45) is 1.10. The summed E-state index contributed by atoms with van der Waals surface area (Å²) < 4.78 is 28.8. The minimum absolute atomic E-state index is 0.0000573. The fraction of sp³-hybridized carbons (Fsp3) is 0.250. The number of halogens is 1. The highest BCUT2D eigenvalue weighted by molar-refractivity contribution is 9.10. The number of amides is 1. The number of rotatable bonds is 11. The highest BCUT2D eigenvalue weighted by atomic mass is 79.9. The number of carbonyl (C=O) groups is 2. The molecule has 0 radical (unpaired) electrons. The van der Waals surface area contributed by atoms with E-state index in [1.165, 1.54) is 30.4 Å². The van der Waals surface area contributed by atoms with Crippen molar-refractivity contribution in [3.63, 3.8) is 0 Å². The predicted octanol–water partition coefficient (Wildman–Crippen LogP) is 5.13. The van der Waals surface area contributed by atoms with Crippen LogP contribution in [0, 0.1) is 0 Å². The maximum Gasteiger partial charge on any atom is 0.321 e. The third-order valence-electron chi connectivity index (χ3n) is 5.21. The van der Waals surface area contributed by atoms with E-state index >= 15 is 0 Å². The van der Waals surface area contributed by atoms with Crippen LogP contribution in [0.25, 0.3) is 11.1 Å². The van der Waals surface area contributed by atoms with Crippen molar-refractivity contribution in [3.05, 3.63) is 70.5 Å².